The zero-order chi connectivity index (χ0) is 22.5. The van der Waals surface area contributed by atoms with Crippen molar-refractivity contribution >= 4 is 17.5 Å². The van der Waals surface area contributed by atoms with Gasteiger partial charge in [-0.1, -0.05) is 6.07 Å². The summed E-state index contributed by atoms with van der Waals surface area (Å²) in [5, 5.41) is 8.87. The second kappa shape index (κ2) is 9.72. The molecule has 2 aromatic rings. The highest BCUT2D eigenvalue weighted by Gasteiger charge is 2.22. The molecule has 0 saturated heterocycles. The number of fused-ring (bicyclic) bond motifs is 1. The number of hydrogen-bond acceptors (Lipinski definition) is 6. The zero-order valence-corrected chi connectivity index (χ0v) is 18.3. The Bertz CT molecular complexity index is 1020. The van der Waals surface area contributed by atoms with Gasteiger partial charge >= 0.3 is 0 Å². The summed E-state index contributed by atoms with van der Waals surface area (Å²) >= 11 is 0. The molecule has 4 rings (SSSR count). The van der Waals surface area contributed by atoms with Gasteiger partial charge in [0.2, 0.25) is 11.8 Å². The molecule has 2 aromatic carbocycles. The minimum absolute atomic E-state index is 0.0741. The topological polar surface area (TPSA) is 89.5 Å². The minimum Gasteiger partial charge on any atom is -0.497 e. The lowest BCUT2D eigenvalue weighted by molar-refractivity contribution is -0.132. The predicted molar refractivity (Wildman–Crippen MR) is 119 cm³/mol. The molecule has 8 heteroatoms. The van der Waals surface area contributed by atoms with Gasteiger partial charge in [-0.2, -0.15) is 5.10 Å². The number of carbonyl (C=O) groups excluding carboxylic acids is 2. The highest BCUT2D eigenvalue weighted by atomic mass is 16.6. The highest BCUT2D eigenvalue weighted by Crippen LogP contribution is 2.32. The summed E-state index contributed by atoms with van der Waals surface area (Å²) in [7, 11) is 1.62. The molecule has 8 nitrogen and oxygen atoms in total. The average molecular weight is 437 g/mol. The maximum absolute atomic E-state index is 12.5. The smallest absolute Gasteiger partial charge is 0.243 e. The van der Waals surface area contributed by atoms with Crippen molar-refractivity contribution in [1.29, 1.82) is 0 Å². The number of hydrogen-bond donors (Lipinski definition) is 1. The van der Waals surface area contributed by atoms with Crippen molar-refractivity contribution in [3.8, 4) is 17.2 Å². The number of amides is 2. The van der Waals surface area contributed by atoms with Crippen LogP contribution in [0.25, 0.3) is 0 Å². The van der Waals surface area contributed by atoms with Crippen LogP contribution in [0, 0.1) is 0 Å². The molecule has 2 aliphatic heterocycles. The van der Waals surface area contributed by atoms with Gasteiger partial charge in [0.15, 0.2) is 11.5 Å². The summed E-state index contributed by atoms with van der Waals surface area (Å²) in [6, 6.07) is 13.0. The van der Waals surface area contributed by atoms with Gasteiger partial charge in [-0.25, -0.2) is 5.01 Å². The summed E-state index contributed by atoms with van der Waals surface area (Å²) in [4.78, 5) is 24.8. The Balaban J connectivity index is 1.34. The fourth-order valence-corrected chi connectivity index (χ4v) is 3.70. The number of nitrogens with one attached hydrogen (secondary N) is 1. The Morgan fingerprint density at radius 2 is 1.88 bits per heavy atom. The van der Waals surface area contributed by atoms with E-state index in [9.17, 15) is 9.59 Å². The van der Waals surface area contributed by atoms with Crippen molar-refractivity contribution in [2.45, 2.75) is 32.2 Å². The number of rotatable bonds is 7. The Labute approximate surface area is 187 Å². The monoisotopic (exact) mass is 437 g/mol. The van der Waals surface area contributed by atoms with Crippen LogP contribution in [0.5, 0.6) is 17.2 Å². The summed E-state index contributed by atoms with van der Waals surface area (Å²) in [5.74, 6) is 1.95. The molecule has 0 fully saturated rings. The standard InChI is InChI=1S/C24H27N3O5/c1-16(18-5-9-21-22(15-18)32-14-13-31-21)25-23(28)11-12-27-24(29)10-8-20(26-27)17-3-6-19(30-2)7-4-17/h3-7,9,15-16H,8,10-14H2,1-2H3,(H,25,28)/t16-/m1/s1. The summed E-state index contributed by atoms with van der Waals surface area (Å²) < 4.78 is 16.3. The molecule has 0 aromatic heterocycles. The lowest BCUT2D eigenvalue weighted by atomic mass is 10.0. The molecule has 0 aliphatic carbocycles. The van der Waals surface area contributed by atoms with Crippen LogP contribution in [0.2, 0.25) is 0 Å². The predicted octanol–water partition coefficient (Wildman–Crippen LogP) is 3.06. The van der Waals surface area contributed by atoms with Crippen molar-refractivity contribution in [1.82, 2.24) is 10.3 Å². The maximum atomic E-state index is 12.5. The van der Waals surface area contributed by atoms with Crippen LogP contribution in [0.15, 0.2) is 47.6 Å². The van der Waals surface area contributed by atoms with Gasteiger partial charge in [0, 0.05) is 19.3 Å². The van der Waals surface area contributed by atoms with Crippen molar-refractivity contribution in [2.24, 2.45) is 5.10 Å². The van der Waals surface area contributed by atoms with Crippen molar-refractivity contribution < 1.29 is 23.8 Å². The molecule has 0 radical (unpaired) electrons. The molecule has 168 valence electrons. The van der Waals surface area contributed by atoms with Crippen molar-refractivity contribution in [2.75, 3.05) is 26.9 Å². The van der Waals surface area contributed by atoms with E-state index in [0.29, 0.717) is 37.6 Å². The SMILES string of the molecule is COc1ccc(C2=NN(CCC(=O)N[C@H](C)c3ccc4c(c3)OCCO4)C(=O)CC2)cc1. The van der Waals surface area contributed by atoms with Crippen LogP contribution in [0.3, 0.4) is 0 Å². The molecule has 2 aliphatic rings. The fraction of sp³-hybridized carbons (Fsp3) is 0.375. The first-order chi connectivity index (χ1) is 15.5. The third kappa shape index (κ3) is 5.01. The lowest BCUT2D eigenvalue weighted by Gasteiger charge is -2.24. The van der Waals surface area contributed by atoms with E-state index in [2.05, 4.69) is 10.4 Å². The molecule has 2 heterocycles. The van der Waals surface area contributed by atoms with E-state index in [0.717, 1.165) is 22.6 Å². The number of carbonyl (C=O) groups is 2. The molecule has 0 bridgehead atoms. The zero-order valence-electron chi connectivity index (χ0n) is 18.3. The van der Waals surface area contributed by atoms with Crippen LogP contribution < -0.4 is 19.5 Å². The number of nitrogens with zero attached hydrogens (tertiary/aromatic N) is 2. The molecule has 0 spiro atoms. The van der Waals surface area contributed by atoms with E-state index < -0.39 is 0 Å². The van der Waals surface area contributed by atoms with Crippen LogP contribution in [-0.4, -0.2) is 49.4 Å². The first-order valence-corrected chi connectivity index (χ1v) is 10.7. The van der Waals surface area contributed by atoms with Crippen molar-refractivity contribution in [3.05, 3.63) is 53.6 Å². The summed E-state index contributed by atoms with van der Waals surface area (Å²) in [6.45, 7) is 3.20. The number of methoxy groups -OCH3 is 1. The van der Waals surface area contributed by atoms with E-state index in [1.54, 1.807) is 7.11 Å². The molecule has 32 heavy (non-hydrogen) atoms. The van der Waals surface area contributed by atoms with E-state index >= 15 is 0 Å². The van der Waals surface area contributed by atoms with E-state index in [4.69, 9.17) is 14.2 Å². The Morgan fingerprint density at radius 1 is 1.12 bits per heavy atom. The first kappa shape index (κ1) is 21.7. The van der Waals surface area contributed by atoms with Crippen LogP contribution >= 0.6 is 0 Å². The second-order valence-corrected chi connectivity index (χ2v) is 7.73. The van der Waals surface area contributed by atoms with Gasteiger partial charge < -0.3 is 19.5 Å². The number of ether oxygens (including phenoxy) is 3. The van der Waals surface area contributed by atoms with Gasteiger partial charge in [0.05, 0.1) is 25.4 Å². The molecule has 0 unspecified atom stereocenters. The fourth-order valence-electron chi connectivity index (χ4n) is 3.70. The third-order valence-corrected chi connectivity index (χ3v) is 5.52. The van der Waals surface area contributed by atoms with E-state index in [1.165, 1.54) is 5.01 Å². The largest absolute Gasteiger partial charge is 0.497 e. The van der Waals surface area contributed by atoms with Crippen LogP contribution in [-0.2, 0) is 9.59 Å². The van der Waals surface area contributed by atoms with E-state index in [1.807, 2.05) is 49.4 Å². The Kier molecular flexibility index (Phi) is 6.58. The van der Waals surface area contributed by atoms with Crippen molar-refractivity contribution in [3.63, 3.8) is 0 Å². The van der Waals surface area contributed by atoms with Crippen LogP contribution in [0.1, 0.15) is 43.4 Å². The highest BCUT2D eigenvalue weighted by molar-refractivity contribution is 6.04. The summed E-state index contributed by atoms with van der Waals surface area (Å²) in [5.41, 5.74) is 2.70. The average Bonchev–Trinajstić information content (AvgIpc) is 2.83. The third-order valence-electron chi connectivity index (χ3n) is 5.52. The van der Waals surface area contributed by atoms with Gasteiger partial charge in [-0.05, 0) is 54.4 Å². The second-order valence-electron chi connectivity index (χ2n) is 7.73. The molecule has 0 saturated carbocycles. The van der Waals surface area contributed by atoms with E-state index in [-0.39, 0.29) is 30.8 Å². The maximum Gasteiger partial charge on any atom is 0.243 e. The van der Waals surface area contributed by atoms with Gasteiger partial charge in [0.25, 0.3) is 0 Å². The van der Waals surface area contributed by atoms with Gasteiger partial charge in [-0.3, -0.25) is 9.59 Å². The lowest BCUT2D eigenvalue weighted by Crippen LogP contribution is -2.36. The molecular formula is C24H27N3O5. The number of hydrazone groups is 1. The Hall–Kier alpha value is -3.55. The van der Waals surface area contributed by atoms with Crippen LogP contribution in [0.4, 0.5) is 0 Å². The molecule has 1 atom stereocenters. The quantitative estimate of drug-likeness (QED) is 0.719. The first-order valence-electron chi connectivity index (χ1n) is 10.7. The van der Waals surface area contributed by atoms with Gasteiger partial charge in [-0.15, -0.1) is 0 Å². The summed E-state index contributed by atoms with van der Waals surface area (Å²) in [6.07, 6.45) is 1.12. The molecular weight excluding hydrogens is 410 g/mol. The normalized spacial score (nSPS) is 16.2. The molecule has 1 N–H and O–H groups in total. The van der Waals surface area contributed by atoms with Gasteiger partial charge in [0.1, 0.15) is 19.0 Å². The minimum atomic E-state index is -0.200. The number of benzene rings is 2. The molecule has 2 amide bonds. The Morgan fingerprint density at radius 3 is 2.62 bits per heavy atom.